The fourth-order valence-corrected chi connectivity index (χ4v) is 3.83. The summed E-state index contributed by atoms with van der Waals surface area (Å²) in [6.45, 7) is 4.40. The zero-order valence-corrected chi connectivity index (χ0v) is 18.0. The smallest absolute Gasteiger partial charge is 0.236 e. The van der Waals surface area contributed by atoms with Crippen LogP contribution in [0.25, 0.3) is 11.3 Å². The monoisotopic (exact) mass is 419 g/mol. The molecule has 7 nitrogen and oxygen atoms in total. The molecule has 0 bridgehead atoms. The molecule has 1 aliphatic heterocycles. The van der Waals surface area contributed by atoms with Crippen molar-refractivity contribution in [3.63, 3.8) is 0 Å². The van der Waals surface area contributed by atoms with Crippen molar-refractivity contribution in [2.24, 2.45) is 0 Å². The van der Waals surface area contributed by atoms with Crippen LogP contribution in [0.3, 0.4) is 0 Å². The van der Waals surface area contributed by atoms with Crippen molar-refractivity contribution in [1.29, 1.82) is 0 Å². The Kier molecular flexibility index (Phi) is 6.94. The lowest BCUT2D eigenvalue weighted by molar-refractivity contribution is -0.132. The molecule has 0 spiro atoms. The molecule has 1 amide bonds. The minimum atomic E-state index is 0.189. The number of anilines is 1. The predicted molar refractivity (Wildman–Crippen MR) is 121 cm³/mol. The number of aryl methyl sites for hydroxylation is 1. The first-order chi connectivity index (χ1) is 15.2. The lowest BCUT2D eigenvalue weighted by Crippen LogP contribution is -2.51. The summed E-state index contributed by atoms with van der Waals surface area (Å²) in [7, 11) is 2.00. The van der Waals surface area contributed by atoms with Crippen molar-refractivity contribution in [2.75, 3.05) is 51.2 Å². The number of rotatable bonds is 8. The van der Waals surface area contributed by atoms with E-state index in [4.69, 9.17) is 4.52 Å². The van der Waals surface area contributed by atoms with Gasteiger partial charge in [-0.15, -0.1) is 0 Å². The van der Waals surface area contributed by atoms with Crippen molar-refractivity contribution < 1.29 is 9.32 Å². The van der Waals surface area contributed by atoms with Crippen molar-refractivity contribution >= 4 is 11.7 Å². The molecule has 0 N–H and O–H groups in total. The first-order valence-electron chi connectivity index (χ1n) is 10.8. The second kappa shape index (κ2) is 10.2. The van der Waals surface area contributed by atoms with Crippen molar-refractivity contribution in [3.05, 3.63) is 66.6 Å². The van der Waals surface area contributed by atoms with E-state index in [0.717, 1.165) is 68.4 Å². The molecule has 162 valence electrons. The first-order valence-corrected chi connectivity index (χ1v) is 10.8. The van der Waals surface area contributed by atoms with Gasteiger partial charge in [0.05, 0.1) is 6.54 Å². The molecule has 1 fully saturated rings. The van der Waals surface area contributed by atoms with E-state index in [-0.39, 0.29) is 5.91 Å². The number of piperazine rings is 1. The number of benzene rings is 1. The Balaban J connectivity index is 1.17. The van der Waals surface area contributed by atoms with E-state index in [1.165, 1.54) is 0 Å². The van der Waals surface area contributed by atoms with Gasteiger partial charge in [-0.2, -0.15) is 0 Å². The molecule has 4 rings (SSSR count). The minimum absolute atomic E-state index is 0.189. The second-order valence-corrected chi connectivity index (χ2v) is 7.94. The second-order valence-electron chi connectivity index (χ2n) is 7.94. The van der Waals surface area contributed by atoms with Crippen LogP contribution in [-0.4, -0.2) is 72.2 Å². The van der Waals surface area contributed by atoms with Gasteiger partial charge in [-0.05, 0) is 32.1 Å². The third-order valence-electron chi connectivity index (χ3n) is 5.60. The number of aromatic nitrogens is 2. The topological polar surface area (TPSA) is 65.7 Å². The zero-order chi connectivity index (χ0) is 21.5. The Labute approximate surface area is 183 Å². The van der Waals surface area contributed by atoms with E-state index in [0.29, 0.717) is 6.54 Å². The first kappa shape index (κ1) is 21.1. The molecular formula is C24H29N5O2. The van der Waals surface area contributed by atoms with Crippen LogP contribution in [0.2, 0.25) is 0 Å². The van der Waals surface area contributed by atoms with Crippen LogP contribution in [0.1, 0.15) is 12.2 Å². The maximum Gasteiger partial charge on any atom is 0.236 e. The van der Waals surface area contributed by atoms with E-state index >= 15 is 0 Å². The van der Waals surface area contributed by atoms with Crippen molar-refractivity contribution in [3.8, 4) is 11.3 Å². The highest BCUT2D eigenvalue weighted by atomic mass is 16.5. The lowest BCUT2D eigenvalue weighted by Gasteiger charge is -2.36. The van der Waals surface area contributed by atoms with Crippen molar-refractivity contribution in [1.82, 2.24) is 19.9 Å². The van der Waals surface area contributed by atoms with Gasteiger partial charge in [0, 0.05) is 50.4 Å². The molecule has 1 aromatic carbocycles. The Morgan fingerprint density at radius 3 is 2.58 bits per heavy atom. The highest BCUT2D eigenvalue weighted by Crippen LogP contribution is 2.19. The summed E-state index contributed by atoms with van der Waals surface area (Å²) in [6.07, 6.45) is 3.53. The quantitative estimate of drug-likeness (QED) is 0.559. The zero-order valence-electron chi connectivity index (χ0n) is 18.0. The Morgan fingerprint density at radius 1 is 1.06 bits per heavy atom. The molecule has 0 atom stereocenters. The van der Waals surface area contributed by atoms with Gasteiger partial charge in [0.2, 0.25) is 5.91 Å². The molecule has 31 heavy (non-hydrogen) atoms. The van der Waals surface area contributed by atoms with Gasteiger partial charge in [-0.25, -0.2) is 4.98 Å². The van der Waals surface area contributed by atoms with E-state index in [1.807, 2.05) is 72.7 Å². The predicted octanol–water partition coefficient (Wildman–Crippen LogP) is 2.95. The Hall–Kier alpha value is -3.19. The maximum absolute atomic E-state index is 12.7. The minimum Gasteiger partial charge on any atom is -0.361 e. The summed E-state index contributed by atoms with van der Waals surface area (Å²) in [4.78, 5) is 23.3. The third-order valence-corrected chi connectivity index (χ3v) is 5.60. The van der Waals surface area contributed by atoms with Crippen LogP contribution < -0.4 is 4.90 Å². The Bertz CT molecular complexity index is 952. The van der Waals surface area contributed by atoms with Crippen LogP contribution >= 0.6 is 0 Å². The van der Waals surface area contributed by atoms with Crippen molar-refractivity contribution in [2.45, 2.75) is 12.8 Å². The standard InChI is InChI=1S/C24H29N5O2/c1-27(13-7-10-21-18-22(26-31-21)20-8-3-2-4-9-20)19-24(30)29-16-14-28(15-17-29)23-11-5-6-12-25-23/h2-6,8-9,11-12,18H,7,10,13-17,19H2,1H3. The molecule has 0 radical (unpaired) electrons. The van der Waals surface area contributed by atoms with Crippen LogP contribution in [0, 0.1) is 0 Å². The molecule has 2 aromatic heterocycles. The van der Waals surface area contributed by atoms with Crippen LogP contribution in [-0.2, 0) is 11.2 Å². The van der Waals surface area contributed by atoms with Gasteiger partial charge in [0.15, 0.2) is 0 Å². The van der Waals surface area contributed by atoms with Gasteiger partial charge in [-0.3, -0.25) is 9.69 Å². The molecule has 1 aliphatic rings. The number of amides is 1. The number of hydrogen-bond acceptors (Lipinski definition) is 6. The number of hydrogen-bond donors (Lipinski definition) is 0. The average molecular weight is 420 g/mol. The molecular weight excluding hydrogens is 390 g/mol. The fraction of sp³-hybridized carbons (Fsp3) is 0.375. The largest absolute Gasteiger partial charge is 0.361 e. The molecule has 0 unspecified atom stereocenters. The van der Waals surface area contributed by atoms with E-state index in [1.54, 1.807) is 0 Å². The SMILES string of the molecule is CN(CCCc1cc(-c2ccccc2)no1)CC(=O)N1CCN(c2ccccn2)CC1. The van der Waals surface area contributed by atoms with Crippen LogP contribution in [0.15, 0.2) is 65.3 Å². The van der Waals surface area contributed by atoms with Crippen LogP contribution in [0.4, 0.5) is 5.82 Å². The fourth-order valence-electron chi connectivity index (χ4n) is 3.83. The normalized spacial score (nSPS) is 14.3. The number of likely N-dealkylation sites (N-methyl/N-ethyl adjacent to an activating group) is 1. The average Bonchev–Trinajstić information content (AvgIpc) is 3.29. The highest BCUT2D eigenvalue weighted by molar-refractivity contribution is 5.78. The molecule has 3 heterocycles. The summed E-state index contributed by atoms with van der Waals surface area (Å²) in [5, 5.41) is 4.16. The molecule has 7 heteroatoms. The van der Waals surface area contributed by atoms with Gasteiger partial charge < -0.3 is 14.3 Å². The maximum atomic E-state index is 12.7. The number of carbonyl (C=O) groups is 1. The summed E-state index contributed by atoms with van der Waals surface area (Å²) in [6, 6.07) is 18.0. The number of carbonyl (C=O) groups excluding carboxylic acids is 1. The highest BCUT2D eigenvalue weighted by Gasteiger charge is 2.22. The summed E-state index contributed by atoms with van der Waals surface area (Å²) in [5.74, 6) is 2.05. The van der Waals surface area contributed by atoms with Gasteiger partial charge in [0.25, 0.3) is 0 Å². The van der Waals surface area contributed by atoms with E-state index < -0.39 is 0 Å². The van der Waals surface area contributed by atoms with Gasteiger partial charge >= 0.3 is 0 Å². The van der Waals surface area contributed by atoms with Gasteiger partial charge in [-0.1, -0.05) is 41.6 Å². The molecule has 0 saturated carbocycles. The summed E-state index contributed by atoms with van der Waals surface area (Å²) in [5.41, 5.74) is 1.92. The van der Waals surface area contributed by atoms with Gasteiger partial charge in [0.1, 0.15) is 17.3 Å². The number of pyridine rings is 1. The summed E-state index contributed by atoms with van der Waals surface area (Å²) < 4.78 is 5.47. The number of nitrogens with zero attached hydrogens (tertiary/aromatic N) is 5. The Morgan fingerprint density at radius 2 is 1.84 bits per heavy atom. The van der Waals surface area contributed by atoms with Crippen LogP contribution in [0.5, 0.6) is 0 Å². The third kappa shape index (κ3) is 5.70. The molecule has 3 aromatic rings. The molecule has 0 aliphatic carbocycles. The van der Waals surface area contributed by atoms with E-state index in [2.05, 4.69) is 19.9 Å². The lowest BCUT2D eigenvalue weighted by atomic mass is 10.1. The summed E-state index contributed by atoms with van der Waals surface area (Å²) >= 11 is 0. The molecule has 1 saturated heterocycles. The van der Waals surface area contributed by atoms with E-state index in [9.17, 15) is 4.79 Å².